The van der Waals surface area contributed by atoms with Crippen molar-refractivity contribution in [2.45, 2.75) is 20.8 Å². The first-order chi connectivity index (χ1) is 13.8. The Morgan fingerprint density at radius 3 is 2.62 bits per heavy atom. The Bertz CT molecular complexity index is 1030. The summed E-state index contributed by atoms with van der Waals surface area (Å²) in [5, 5.41) is 2.31. The molecule has 7 heteroatoms. The number of imide groups is 1. The first kappa shape index (κ1) is 20.7. The lowest BCUT2D eigenvalue weighted by Gasteiger charge is -2.14. The van der Waals surface area contributed by atoms with E-state index in [-0.39, 0.29) is 11.4 Å². The molecular formula is C22H22N2O4S. The zero-order valence-electron chi connectivity index (χ0n) is 16.7. The van der Waals surface area contributed by atoms with E-state index < -0.39 is 17.1 Å². The van der Waals surface area contributed by atoms with Gasteiger partial charge < -0.3 is 10.1 Å². The molecule has 1 aliphatic heterocycles. The first-order valence-corrected chi connectivity index (χ1v) is 9.88. The molecule has 6 nitrogen and oxygen atoms in total. The standard InChI is InChI=1S/C22H22N2O4S/c1-13-6-5-7-17(15(13)3)23-20(25)12-24-21(26)19(29-22(24)27)11-16-9-8-14(2)18(10-16)28-4/h5-11H,12H2,1-4H3,(H,23,25)/b19-11+. The van der Waals surface area contributed by atoms with E-state index in [1.165, 1.54) is 0 Å². The second-order valence-electron chi connectivity index (χ2n) is 6.79. The second-order valence-corrected chi connectivity index (χ2v) is 7.79. The Morgan fingerprint density at radius 2 is 1.90 bits per heavy atom. The number of nitrogens with one attached hydrogen (secondary N) is 1. The monoisotopic (exact) mass is 410 g/mol. The normalized spacial score (nSPS) is 15.2. The van der Waals surface area contributed by atoms with Crippen LogP contribution >= 0.6 is 11.8 Å². The fourth-order valence-corrected chi connectivity index (χ4v) is 3.77. The van der Waals surface area contributed by atoms with E-state index in [9.17, 15) is 14.4 Å². The van der Waals surface area contributed by atoms with Gasteiger partial charge in [-0.1, -0.05) is 24.3 Å². The van der Waals surface area contributed by atoms with Gasteiger partial charge in [-0.15, -0.1) is 0 Å². The van der Waals surface area contributed by atoms with Gasteiger partial charge in [-0.25, -0.2) is 0 Å². The molecule has 0 spiro atoms. The molecule has 2 aromatic carbocycles. The summed E-state index contributed by atoms with van der Waals surface area (Å²) in [5.74, 6) is -0.194. The van der Waals surface area contributed by atoms with Gasteiger partial charge in [0.2, 0.25) is 5.91 Å². The molecule has 0 saturated carbocycles. The van der Waals surface area contributed by atoms with Crippen LogP contribution in [0.4, 0.5) is 10.5 Å². The number of anilines is 1. The molecule has 29 heavy (non-hydrogen) atoms. The van der Waals surface area contributed by atoms with Crippen LogP contribution in [-0.2, 0) is 9.59 Å². The molecule has 3 amide bonds. The van der Waals surface area contributed by atoms with E-state index in [1.807, 2.05) is 45.0 Å². The Morgan fingerprint density at radius 1 is 1.14 bits per heavy atom. The number of nitrogens with zero attached hydrogens (tertiary/aromatic N) is 1. The summed E-state index contributed by atoms with van der Waals surface area (Å²) >= 11 is 0.826. The molecule has 0 bridgehead atoms. The molecule has 1 fully saturated rings. The van der Waals surface area contributed by atoms with Crippen molar-refractivity contribution in [1.82, 2.24) is 4.90 Å². The van der Waals surface area contributed by atoms with Gasteiger partial charge in [0.15, 0.2) is 0 Å². The van der Waals surface area contributed by atoms with Crippen LogP contribution in [0.15, 0.2) is 41.3 Å². The summed E-state index contributed by atoms with van der Waals surface area (Å²) in [6, 6.07) is 11.1. The summed E-state index contributed by atoms with van der Waals surface area (Å²) in [4.78, 5) is 38.6. The van der Waals surface area contributed by atoms with Crippen molar-refractivity contribution < 1.29 is 19.1 Å². The summed E-state index contributed by atoms with van der Waals surface area (Å²) in [7, 11) is 1.58. The summed E-state index contributed by atoms with van der Waals surface area (Å²) in [5.41, 5.74) is 4.39. The molecule has 0 unspecified atom stereocenters. The summed E-state index contributed by atoms with van der Waals surface area (Å²) in [6.07, 6.45) is 1.63. The van der Waals surface area contributed by atoms with E-state index in [2.05, 4.69) is 5.32 Å². The maximum Gasteiger partial charge on any atom is 0.294 e. The number of thioether (sulfide) groups is 1. The van der Waals surface area contributed by atoms with Crippen molar-refractivity contribution in [3.63, 3.8) is 0 Å². The van der Waals surface area contributed by atoms with Crippen molar-refractivity contribution in [1.29, 1.82) is 0 Å². The van der Waals surface area contributed by atoms with Crippen molar-refractivity contribution in [3.8, 4) is 5.75 Å². The highest BCUT2D eigenvalue weighted by molar-refractivity contribution is 8.18. The Hall–Kier alpha value is -3.06. The number of ether oxygens (including phenoxy) is 1. The molecule has 3 rings (SSSR count). The maximum absolute atomic E-state index is 12.7. The summed E-state index contributed by atoms with van der Waals surface area (Å²) in [6.45, 7) is 5.45. The van der Waals surface area contributed by atoms with Crippen LogP contribution in [0.2, 0.25) is 0 Å². The average Bonchev–Trinajstić information content (AvgIpc) is 2.94. The first-order valence-electron chi connectivity index (χ1n) is 9.06. The quantitative estimate of drug-likeness (QED) is 0.744. The molecule has 0 aliphatic carbocycles. The number of carbonyl (C=O) groups excluding carboxylic acids is 3. The van der Waals surface area contributed by atoms with Crippen LogP contribution < -0.4 is 10.1 Å². The molecule has 1 heterocycles. The highest BCUT2D eigenvalue weighted by Crippen LogP contribution is 2.33. The van der Waals surface area contributed by atoms with Crippen LogP contribution in [0.5, 0.6) is 5.75 Å². The van der Waals surface area contributed by atoms with Crippen LogP contribution in [0, 0.1) is 20.8 Å². The minimum absolute atomic E-state index is 0.278. The second kappa shape index (κ2) is 8.53. The number of hydrogen-bond donors (Lipinski definition) is 1. The SMILES string of the molecule is COc1cc(/C=C2/SC(=O)N(CC(=O)Nc3cccc(C)c3C)C2=O)ccc1C. The van der Waals surface area contributed by atoms with Gasteiger partial charge >= 0.3 is 0 Å². The van der Waals surface area contributed by atoms with Crippen LogP contribution in [0.25, 0.3) is 6.08 Å². The number of rotatable bonds is 5. The minimum atomic E-state index is -0.476. The predicted molar refractivity (Wildman–Crippen MR) is 115 cm³/mol. The predicted octanol–water partition coefficient (Wildman–Crippen LogP) is 4.30. The third kappa shape index (κ3) is 4.51. The van der Waals surface area contributed by atoms with Crippen LogP contribution in [0.3, 0.4) is 0 Å². The number of methoxy groups -OCH3 is 1. The molecule has 0 aromatic heterocycles. The fraction of sp³-hybridized carbons (Fsp3) is 0.227. The lowest BCUT2D eigenvalue weighted by Crippen LogP contribution is -2.36. The zero-order chi connectivity index (χ0) is 21.1. The smallest absolute Gasteiger partial charge is 0.294 e. The van der Waals surface area contributed by atoms with Gasteiger partial charge in [0.25, 0.3) is 11.1 Å². The van der Waals surface area contributed by atoms with Gasteiger partial charge in [0.05, 0.1) is 12.0 Å². The van der Waals surface area contributed by atoms with E-state index in [0.29, 0.717) is 11.4 Å². The summed E-state index contributed by atoms with van der Waals surface area (Å²) < 4.78 is 5.30. The maximum atomic E-state index is 12.7. The third-order valence-electron chi connectivity index (χ3n) is 4.78. The van der Waals surface area contributed by atoms with E-state index >= 15 is 0 Å². The molecule has 0 atom stereocenters. The number of aryl methyl sites for hydroxylation is 2. The van der Waals surface area contributed by atoms with Gasteiger partial charge in [0, 0.05) is 5.69 Å². The lowest BCUT2D eigenvalue weighted by molar-refractivity contribution is -0.127. The third-order valence-corrected chi connectivity index (χ3v) is 5.69. The number of hydrogen-bond acceptors (Lipinski definition) is 5. The molecule has 0 radical (unpaired) electrons. The van der Waals surface area contributed by atoms with Crippen LogP contribution in [0.1, 0.15) is 22.3 Å². The van der Waals surface area contributed by atoms with Crippen molar-refractivity contribution >= 4 is 40.6 Å². The largest absolute Gasteiger partial charge is 0.496 e. The lowest BCUT2D eigenvalue weighted by atomic mass is 10.1. The average molecular weight is 410 g/mol. The highest BCUT2D eigenvalue weighted by Gasteiger charge is 2.36. The molecule has 2 aromatic rings. The topological polar surface area (TPSA) is 75.7 Å². The van der Waals surface area contributed by atoms with Gasteiger partial charge in [-0.2, -0.15) is 0 Å². The fourth-order valence-electron chi connectivity index (χ4n) is 2.93. The number of amides is 3. The minimum Gasteiger partial charge on any atom is -0.496 e. The highest BCUT2D eigenvalue weighted by atomic mass is 32.2. The van der Waals surface area contributed by atoms with Crippen molar-refractivity contribution in [3.05, 3.63) is 63.6 Å². The van der Waals surface area contributed by atoms with E-state index in [4.69, 9.17) is 4.74 Å². The Balaban J connectivity index is 1.73. The van der Waals surface area contributed by atoms with Crippen molar-refractivity contribution in [2.75, 3.05) is 19.0 Å². The molecule has 1 N–H and O–H groups in total. The zero-order valence-corrected chi connectivity index (χ0v) is 17.6. The molecule has 1 aliphatic rings. The molecule has 150 valence electrons. The molecule has 1 saturated heterocycles. The number of carbonyl (C=O) groups is 3. The van der Waals surface area contributed by atoms with Crippen molar-refractivity contribution in [2.24, 2.45) is 0 Å². The van der Waals surface area contributed by atoms with Gasteiger partial charge in [-0.3, -0.25) is 19.3 Å². The Labute approximate surface area is 173 Å². The van der Waals surface area contributed by atoms with Gasteiger partial charge in [-0.05, 0) is 73.0 Å². The molecular weight excluding hydrogens is 388 g/mol. The van der Waals surface area contributed by atoms with E-state index in [1.54, 1.807) is 25.3 Å². The Kier molecular flexibility index (Phi) is 6.08. The van der Waals surface area contributed by atoms with Gasteiger partial charge in [0.1, 0.15) is 12.3 Å². The van der Waals surface area contributed by atoms with E-state index in [0.717, 1.165) is 38.9 Å². The van der Waals surface area contributed by atoms with Crippen LogP contribution in [-0.4, -0.2) is 35.6 Å². The number of benzene rings is 2.